The standard InChI is InChI=1S/C9H15BrN2/c1-3-4-8(2)6-12-7-9(10)5-11-12/h5,7-8H,3-4,6H2,1-2H3. The topological polar surface area (TPSA) is 17.8 Å². The van der Waals surface area contributed by atoms with Gasteiger partial charge in [0.25, 0.3) is 0 Å². The van der Waals surface area contributed by atoms with E-state index in [-0.39, 0.29) is 0 Å². The lowest BCUT2D eigenvalue weighted by atomic mass is 10.1. The second-order valence-corrected chi connectivity index (χ2v) is 4.19. The smallest absolute Gasteiger partial charge is 0.0632 e. The second-order valence-electron chi connectivity index (χ2n) is 3.27. The van der Waals surface area contributed by atoms with E-state index in [9.17, 15) is 0 Å². The van der Waals surface area contributed by atoms with Crippen molar-refractivity contribution in [2.75, 3.05) is 0 Å². The summed E-state index contributed by atoms with van der Waals surface area (Å²) < 4.78 is 3.05. The van der Waals surface area contributed by atoms with Gasteiger partial charge in [-0.3, -0.25) is 4.68 Å². The molecule has 0 aromatic carbocycles. The van der Waals surface area contributed by atoms with E-state index in [0.717, 1.165) is 16.9 Å². The van der Waals surface area contributed by atoms with Crippen molar-refractivity contribution in [1.82, 2.24) is 9.78 Å². The Hall–Kier alpha value is -0.310. The first-order valence-corrected chi connectivity index (χ1v) is 5.19. The van der Waals surface area contributed by atoms with Crippen molar-refractivity contribution >= 4 is 15.9 Å². The summed E-state index contributed by atoms with van der Waals surface area (Å²) in [5, 5.41) is 4.21. The molecule has 68 valence electrons. The van der Waals surface area contributed by atoms with E-state index in [1.807, 2.05) is 17.1 Å². The van der Waals surface area contributed by atoms with Crippen molar-refractivity contribution in [2.45, 2.75) is 33.2 Å². The van der Waals surface area contributed by atoms with E-state index in [2.05, 4.69) is 34.9 Å². The van der Waals surface area contributed by atoms with Gasteiger partial charge in [-0.15, -0.1) is 0 Å². The van der Waals surface area contributed by atoms with Crippen molar-refractivity contribution in [3.8, 4) is 0 Å². The fourth-order valence-corrected chi connectivity index (χ4v) is 1.67. The molecule has 0 amide bonds. The number of hydrogen-bond acceptors (Lipinski definition) is 1. The molecule has 2 nitrogen and oxygen atoms in total. The van der Waals surface area contributed by atoms with Crippen LogP contribution in [0.5, 0.6) is 0 Å². The van der Waals surface area contributed by atoms with Crippen LogP contribution in [0.3, 0.4) is 0 Å². The van der Waals surface area contributed by atoms with Gasteiger partial charge < -0.3 is 0 Å². The Bertz CT molecular complexity index is 232. The monoisotopic (exact) mass is 230 g/mol. The Balaban J connectivity index is 2.41. The number of nitrogens with zero attached hydrogens (tertiary/aromatic N) is 2. The lowest BCUT2D eigenvalue weighted by Gasteiger charge is -2.08. The molecular formula is C9H15BrN2. The minimum Gasteiger partial charge on any atom is -0.271 e. The number of rotatable bonds is 4. The summed E-state index contributed by atoms with van der Waals surface area (Å²) in [6.45, 7) is 5.51. The highest BCUT2D eigenvalue weighted by Gasteiger charge is 2.02. The molecule has 0 bridgehead atoms. The summed E-state index contributed by atoms with van der Waals surface area (Å²) >= 11 is 3.38. The van der Waals surface area contributed by atoms with Crippen molar-refractivity contribution in [2.24, 2.45) is 5.92 Å². The molecule has 3 heteroatoms. The molecule has 0 saturated carbocycles. The lowest BCUT2D eigenvalue weighted by molar-refractivity contribution is 0.420. The third-order valence-corrected chi connectivity index (χ3v) is 2.29. The quantitative estimate of drug-likeness (QED) is 0.778. The largest absolute Gasteiger partial charge is 0.271 e. The highest BCUT2D eigenvalue weighted by atomic mass is 79.9. The van der Waals surface area contributed by atoms with Crippen molar-refractivity contribution in [1.29, 1.82) is 0 Å². The Labute approximate surface area is 82.1 Å². The first kappa shape index (κ1) is 9.78. The molecule has 1 rings (SSSR count). The first-order valence-electron chi connectivity index (χ1n) is 4.40. The molecule has 1 heterocycles. The van der Waals surface area contributed by atoms with Gasteiger partial charge in [0.2, 0.25) is 0 Å². The first-order chi connectivity index (χ1) is 5.72. The third kappa shape index (κ3) is 2.97. The molecule has 0 saturated heterocycles. The molecule has 12 heavy (non-hydrogen) atoms. The van der Waals surface area contributed by atoms with Crippen LogP contribution < -0.4 is 0 Å². The van der Waals surface area contributed by atoms with Crippen LogP contribution in [0, 0.1) is 5.92 Å². The Morgan fingerprint density at radius 3 is 2.92 bits per heavy atom. The molecular weight excluding hydrogens is 216 g/mol. The molecule has 0 N–H and O–H groups in total. The fourth-order valence-electron chi connectivity index (χ4n) is 1.34. The van der Waals surface area contributed by atoms with Gasteiger partial charge in [-0.25, -0.2) is 0 Å². The van der Waals surface area contributed by atoms with Crippen LogP contribution in [0.4, 0.5) is 0 Å². The number of hydrogen-bond donors (Lipinski definition) is 0. The Kier molecular flexibility index (Phi) is 3.79. The van der Waals surface area contributed by atoms with Crippen LogP contribution >= 0.6 is 15.9 Å². The van der Waals surface area contributed by atoms with Crippen LogP contribution in [-0.2, 0) is 6.54 Å². The van der Waals surface area contributed by atoms with E-state index in [4.69, 9.17) is 0 Å². The summed E-state index contributed by atoms with van der Waals surface area (Å²) in [6, 6.07) is 0. The van der Waals surface area contributed by atoms with Gasteiger partial charge in [0.15, 0.2) is 0 Å². The zero-order chi connectivity index (χ0) is 8.97. The molecule has 0 aliphatic carbocycles. The molecule has 0 fully saturated rings. The summed E-state index contributed by atoms with van der Waals surface area (Å²) in [7, 11) is 0. The molecule has 1 aromatic heterocycles. The van der Waals surface area contributed by atoms with Gasteiger partial charge in [0, 0.05) is 12.7 Å². The van der Waals surface area contributed by atoms with Gasteiger partial charge in [-0.1, -0.05) is 20.3 Å². The predicted octanol–water partition coefficient (Wildman–Crippen LogP) is 3.08. The zero-order valence-electron chi connectivity index (χ0n) is 7.63. The number of aromatic nitrogens is 2. The summed E-state index contributed by atoms with van der Waals surface area (Å²) in [5.74, 6) is 0.724. The summed E-state index contributed by atoms with van der Waals surface area (Å²) in [5.41, 5.74) is 0. The molecule has 1 unspecified atom stereocenters. The molecule has 0 aliphatic rings. The minimum absolute atomic E-state index is 0.724. The molecule has 0 spiro atoms. The van der Waals surface area contributed by atoms with E-state index >= 15 is 0 Å². The van der Waals surface area contributed by atoms with E-state index in [1.54, 1.807) is 0 Å². The van der Waals surface area contributed by atoms with E-state index in [0.29, 0.717) is 0 Å². The molecule has 0 radical (unpaired) electrons. The van der Waals surface area contributed by atoms with Crippen LogP contribution in [0.15, 0.2) is 16.9 Å². The van der Waals surface area contributed by atoms with Crippen LogP contribution in [0.25, 0.3) is 0 Å². The fraction of sp³-hybridized carbons (Fsp3) is 0.667. The Morgan fingerprint density at radius 1 is 1.67 bits per heavy atom. The Morgan fingerprint density at radius 2 is 2.42 bits per heavy atom. The van der Waals surface area contributed by atoms with E-state index in [1.165, 1.54) is 12.8 Å². The van der Waals surface area contributed by atoms with Crippen LogP contribution in [-0.4, -0.2) is 9.78 Å². The predicted molar refractivity (Wildman–Crippen MR) is 54.0 cm³/mol. The summed E-state index contributed by atoms with van der Waals surface area (Å²) in [6.07, 6.45) is 6.38. The maximum atomic E-state index is 4.21. The zero-order valence-corrected chi connectivity index (χ0v) is 9.21. The maximum absolute atomic E-state index is 4.21. The lowest BCUT2D eigenvalue weighted by Crippen LogP contribution is -2.07. The minimum atomic E-state index is 0.724. The normalized spacial score (nSPS) is 13.2. The van der Waals surface area contributed by atoms with Crippen molar-refractivity contribution in [3.05, 3.63) is 16.9 Å². The van der Waals surface area contributed by atoms with Gasteiger partial charge in [0.05, 0.1) is 10.7 Å². The number of halogens is 1. The van der Waals surface area contributed by atoms with Gasteiger partial charge >= 0.3 is 0 Å². The summed E-state index contributed by atoms with van der Waals surface area (Å²) in [4.78, 5) is 0. The average molecular weight is 231 g/mol. The van der Waals surface area contributed by atoms with Crippen molar-refractivity contribution in [3.63, 3.8) is 0 Å². The van der Waals surface area contributed by atoms with Crippen molar-refractivity contribution < 1.29 is 0 Å². The average Bonchev–Trinajstić information content (AvgIpc) is 2.36. The van der Waals surface area contributed by atoms with Gasteiger partial charge in [-0.2, -0.15) is 5.10 Å². The van der Waals surface area contributed by atoms with Crippen LogP contribution in [0.1, 0.15) is 26.7 Å². The SMILES string of the molecule is CCCC(C)Cn1cc(Br)cn1. The molecule has 1 aromatic rings. The maximum Gasteiger partial charge on any atom is 0.0632 e. The van der Waals surface area contributed by atoms with Gasteiger partial charge in [-0.05, 0) is 28.3 Å². The van der Waals surface area contributed by atoms with Crippen LogP contribution in [0.2, 0.25) is 0 Å². The molecule has 0 aliphatic heterocycles. The van der Waals surface area contributed by atoms with Gasteiger partial charge in [0.1, 0.15) is 0 Å². The third-order valence-electron chi connectivity index (χ3n) is 1.88. The van der Waals surface area contributed by atoms with E-state index < -0.39 is 0 Å². The highest BCUT2D eigenvalue weighted by molar-refractivity contribution is 9.10. The molecule has 1 atom stereocenters. The second kappa shape index (κ2) is 4.65. The highest BCUT2D eigenvalue weighted by Crippen LogP contribution is 2.11.